The van der Waals surface area contributed by atoms with Crippen LogP contribution in [0.1, 0.15) is 18.2 Å². The number of carboxylic acid groups (broad SMARTS) is 1. The lowest BCUT2D eigenvalue weighted by molar-refractivity contribution is -0.137. The van der Waals surface area contributed by atoms with E-state index in [2.05, 4.69) is 15.3 Å². The lowest BCUT2D eigenvalue weighted by Crippen LogP contribution is -2.20. The predicted octanol–water partition coefficient (Wildman–Crippen LogP) is 0.145. The Bertz CT molecular complexity index is 245. The number of H-pyrrole nitrogens is 1. The number of aliphatic carboxylic acids is 1. The van der Waals surface area contributed by atoms with E-state index in [1.54, 1.807) is 13.2 Å². The molecule has 5 nitrogen and oxygen atoms in total. The highest BCUT2D eigenvalue weighted by atomic mass is 16.4. The zero-order chi connectivity index (χ0) is 8.97. The van der Waals surface area contributed by atoms with Crippen LogP contribution in [0.2, 0.25) is 0 Å². The van der Waals surface area contributed by atoms with E-state index < -0.39 is 5.97 Å². The molecular formula is C7H11N3O2. The summed E-state index contributed by atoms with van der Waals surface area (Å²) in [5, 5.41) is 11.4. The standard InChI is InChI=1S/C7H11N3O2/c1-8-5(2-7(11)12)6-3-9-4-10-6/h3-5,8H,2H2,1H3,(H,9,10)(H,11,12). The number of hydrogen-bond donors (Lipinski definition) is 3. The number of imidazole rings is 1. The summed E-state index contributed by atoms with van der Waals surface area (Å²) in [4.78, 5) is 17.1. The average molecular weight is 169 g/mol. The third-order valence-electron chi connectivity index (χ3n) is 1.60. The van der Waals surface area contributed by atoms with Gasteiger partial charge in [-0.3, -0.25) is 4.79 Å². The van der Waals surface area contributed by atoms with Crippen molar-refractivity contribution in [2.24, 2.45) is 0 Å². The number of rotatable bonds is 4. The summed E-state index contributed by atoms with van der Waals surface area (Å²) in [6.07, 6.45) is 3.26. The minimum atomic E-state index is -0.836. The molecule has 1 heterocycles. The molecule has 1 atom stereocenters. The number of nitrogens with zero attached hydrogens (tertiary/aromatic N) is 1. The second kappa shape index (κ2) is 3.87. The fourth-order valence-corrected chi connectivity index (χ4v) is 0.991. The molecule has 0 aromatic carbocycles. The molecule has 0 saturated heterocycles. The number of carboxylic acids is 1. The van der Waals surface area contributed by atoms with Crippen LogP contribution >= 0.6 is 0 Å². The van der Waals surface area contributed by atoms with E-state index >= 15 is 0 Å². The van der Waals surface area contributed by atoms with Crippen molar-refractivity contribution < 1.29 is 9.90 Å². The molecular weight excluding hydrogens is 158 g/mol. The van der Waals surface area contributed by atoms with Crippen LogP contribution in [0, 0.1) is 0 Å². The summed E-state index contributed by atoms with van der Waals surface area (Å²) in [5.41, 5.74) is 0.722. The minimum Gasteiger partial charge on any atom is -0.481 e. The van der Waals surface area contributed by atoms with E-state index in [0.717, 1.165) is 5.69 Å². The van der Waals surface area contributed by atoms with Gasteiger partial charge in [0.05, 0.1) is 24.5 Å². The Labute approximate surface area is 69.8 Å². The van der Waals surface area contributed by atoms with Crippen molar-refractivity contribution in [1.82, 2.24) is 15.3 Å². The summed E-state index contributed by atoms with van der Waals surface area (Å²) in [5.74, 6) is -0.836. The number of hydrogen-bond acceptors (Lipinski definition) is 3. The summed E-state index contributed by atoms with van der Waals surface area (Å²) in [7, 11) is 1.71. The fraction of sp³-hybridized carbons (Fsp3) is 0.429. The molecule has 1 rings (SSSR count). The number of aromatic amines is 1. The normalized spacial score (nSPS) is 12.8. The largest absolute Gasteiger partial charge is 0.481 e. The smallest absolute Gasteiger partial charge is 0.305 e. The zero-order valence-corrected chi connectivity index (χ0v) is 6.74. The molecule has 0 bridgehead atoms. The first-order valence-corrected chi connectivity index (χ1v) is 3.61. The molecule has 0 saturated carbocycles. The minimum absolute atomic E-state index is 0.0430. The van der Waals surface area contributed by atoms with Gasteiger partial charge >= 0.3 is 5.97 Å². The lowest BCUT2D eigenvalue weighted by atomic mass is 10.1. The third kappa shape index (κ3) is 2.06. The Morgan fingerprint density at radius 2 is 2.67 bits per heavy atom. The maximum Gasteiger partial charge on any atom is 0.305 e. The maximum absolute atomic E-state index is 10.4. The lowest BCUT2D eigenvalue weighted by Gasteiger charge is -2.09. The number of nitrogens with one attached hydrogen (secondary N) is 2. The van der Waals surface area contributed by atoms with Gasteiger partial charge in [0.2, 0.25) is 0 Å². The molecule has 0 aliphatic carbocycles. The van der Waals surface area contributed by atoms with E-state index in [1.807, 2.05) is 0 Å². The molecule has 5 heteroatoms. The third-order valence-corrected chi connectivity index (χ3v) is 1.60. The predicted molar refractivity (Wildman–Crippen MR) is 42.6 cm³/mol. The molecule has 3 N–H and O–H groups in total. The van der Waals surface area contributed by atoms with Gasteiger partial charge < -0.3 is 15.4 Å². The van der Waals surface area contributed by atoms with Crippen LogP contribution in [0.15, 0.2) is 12.5 Å². The van der Waals surface area contributed by atoms with Gasteiger partial charge in [-0.25, -0.2) is 4.98 Å². The summed E-state index contributed by atoms with van der Waals surface area (Å²) in [6, 6.07) is -0.214. The van der Waals surface area contributed by atoms with Gasteiger partial charge in [-0.1, -0.05) is 0 Å². The molecule has 1 unspecified atom stereocenters. The Balaban J connectivity index is 2.63. The summed E-state index contributed by atoms with van der Waals surface area (Å²) >= 11 is 0. The maximum atomic E-state index is 10.4. The molecule has 0 aliphatic heterocycles. The molecule has 12 heavy (non-hydrogen) atoms. The van der Waals surface area contributed by atoms with E-state index in [4.69, 9.17) is 5.11 Å². The van der Waals surface area contributed by atoms with Gasteiger partial charge in [-0.15, -0.1) is 0 Å². The first-order chi connectivity index (χ1) is 5.74. The van der Waals surface area contributed by atoms with Crippen LogP contribution in [0.5, 0.6) is 0 Å². The SMILES string of the molecule is CNC(CC(=O)O)c1c[nH]cn1. The van der Waals surface area contributed by atoms with Crippen molar-refractivity contribution in [3.63, 3.8) is 0 Å². The number of aromatic nitrogens is 2. The van der Waals surface area contributed by atoms with Crippen molar-refractivity contribution >= 4 is 5.97 Å². The molecule has 1 aromatic heterocycles. The Morgan fingerprint density at radius 3 is 3.08 bits per heavy atom. The Hall–Kier alpha value is -1.36. The zero-order valence-electron chi connectivity index (χ0n) is 6.74. The van der Waals surface area contributed by atoms with Crippen molar-refractivity contribution in [2.45, 2.75) is 12.5 Å². The van der Waals surface area contributed by atoms with Gasteiger partial charge in [-0.2, -0.15) is 0 Å². The van der Waals surface area contributed by atoms with Gasteiger partial charge in [-0.05, 0) is 7.05 Å². The van der Waals surface area contributed by atoms with Crippen LogP contribution in [-0.4, -0.2) is 28.1 Å². The first kappa shape index (κ1) is 8.73. The number of carbonyl (C=O) groups is 1. The Kier molecular flexibility index (Phi) is 2.82. The van der Waals surface area contributed by atoms with Crippen molar-refractivity contribution in [1.29, 1.82) is 0 Å². The second-order valence-electron chi connectivity index (χ2n) is 2.43. The van der Waals surface area contributed by atoms with E-state index in [-0.39, 0.29) is 12.5 Å². The first-order valence-electron chi connectivity index (χ1n) is 3.61. The quantitative estimate of drug-likeness (QED) is 0.599. The molecule has 0 aliphatic rings. The fourth-order valence-electron chi connectivity index (χ4n) is 0.991. The van der Waals surface area contributed by atoms with Crippen LogP contribution in [0.25, 0.3) is 0 Å². The van der Waals surface area contributed by atoms with Crippen molar-refractivity contribution in [3.05, 3.63) is 18.2 Å². The molecule has 0 radical (unpaired) electrons. The highest BCUT2D eigenvalue weighted by Crippen LogP contribution is 2.11. The van der Waals surface area contributed by atoms with Gasteiger partial charge in [0.25, 0.3) is 0 Å². The average Bonchev–Trinajstić information content (AvgIpc) is 2.51. The molecule has 0 amide bonds. The Morgan fingerprint density at radius 1 is 1.92 bits per heavy atom. The van der Waals surface area contributed by atoms with Gasteiger partial charge in [0.15, 0.2) is 0 Å². The molecule has 0 fully saturated rings. The highest BCUT2D eigenvalue weighted by molar-refractivity contribution is 5.67. The molecule has 1 aromatic rings. The topological polar surface area (TPSA) is 78.0 Å². The van der Waals surface area contributed by atoms with E-state index in [1.165, 1.54) is 6.33 Å². The summed E-state index contributed by atoms with van der Waals surface area (Å²) in [6.45, 7) is 0. The van der Waals surface area contributed by atoms with Crippen LogP contribution in [0.4, 0.5) is 0 Å². The molecule has 66 valence electrons. The summed E-state index contributed by atoms with van der Waals surface area (Å²) < 4.78 is 0. The molecule has 0 spiro atoms. The monoisotopic (exact) mass is 169 g/mol. The van der Waals surface area contributed by atoms with Crippen molar-refractivity contribution in [2.75, 3.05) is 7.05 Å². The van der Waals surface area contributed by atoms with Crippen LogP contribution in [-0.2, 0) is 4.79 Å². The van der Waals surface area contributed by atoms with Crippen LogP contribution in [0.3, 0.4) is 0 Å². The van der Waals surface area contributed by atoms with Gasteiger partial charge in [0.1, 0.15) is 0 Å². The van der Waals surface area contributed by atoms with E-state index in [0.29, 0.717) is 0 Å². The van der Waals surface area contributed by atoms with Crippen molar-refractivity contribution in [3.8, 4) is 0 Å². The second-order valence-corrected chi connectivity index (χ2v) is 2.43. The van der Waals surface area contributed by atoms with Gasteiger partial charge in [0, 0.05) is 6.20 Å². The van der Waals surface area contributed by atoms with E-state index in [9.17, 15) is 4.79 Å². The highest BCUT2D eigenvalue weighted by Gasteiger charge is 2.14. The van der Waals surface area contributed by atoms with Crippen LogP contribution < -0.4 is 5.32 Å².